The highest BCUT2D eigenvalue weighted by Gasteiger charge is 2.20. The molecule has 1 aromatic heterocycles. The molecule has 0 atom stereocenters. The number of carbonyl (C=O) groups is 2. The average molecular weight is 331 g/mol. The molecule has 5 nitrogen and oxygen atoms in total. The Labute approximate surface area is 145 Å². The lowest BCUT2D eigenvalue weighted by Crippen LogP contribution is -2.34. The van der Waals surface area contributed by atoms with Crippen LogP contribution in [0, 0.1) is 0 Å². The molecule has 0 aromatic carbocycles. The predicted molar refractivity (Wildman–Crippen MR) is 95.1 cm³/mol. The SMILES string of the molecule is CCCN(CCC)C(=O)c1cncc(C(=O)N2CCCCCC2)c1. The van der Waals surface area contributed by atoms with Crippen LogP contribution in [-0.4, -0.2) is 52.8 Å². The molecule has 0 N–H and O–H groups in total. The number of hydrogen-bond donors (Lipinski definition) is 0. The summed E-state index contributed by atoms with van der Waals surface area (Å²) in [6, 6.07) is 1.71. The van der Waals surface area contributed by atoms with Gasteiger partial charge in [0.1, 0.15) is 0 Å². The highest BCUT2D eigenvalue weighted by molar-refractivity contribution is 5.99. The Hall–Kier alpha value is -1.91. The summed E-state index contributed by atoms with van der Waals surface area (Å²) in [6.45, 7) is 7.19. The minimum Gasteiger partial charge on any atom is -0.339 e. The van der Waals surface area contributed by atoms with Crippen molar-refractivity contribution in [3.05, 3.63) is 29.6 Å². The first-order chi connectivity index (χ1) is 11.7. The van der Waals surface area contributed by atoms with Crippen molar-refractivity contribution in [3.8, 4) is 0 Å². The Morgan fingerprint density at radius 2 is 1.58 bits per heavy atom. The molecule has 0 saturated carbocycles. The van der Waals surface area contributed by atoms with Crippen LogP contribution in [0.25, 0.3) is 0 Å². The van der Waals surface area contributed by atoms with Gasteiger partial charge in [-0.05, 0) is 31.7 Å². The van der Waals surface area contributed by atoms with Gasteiger partial charge >= 0.3 is 0 Å². The first-order valence-corrected chi connectivity index (χ1v) is 9.21. The van der Waals surface area contributed by atoms with E-state index in [9.17, 15) is 9.59 Å². The fourth-order valence-electron chi connectivity index (χ4n) is 3.17. The van der Waals surface area contributed by atoms with Gasteiger partial charge in [-0.15, -0.1) is 0 Å². The number of aromatic nitrogens is 1. The van der Waals surface area contributed by atoms with Crippen LogP contribution in [0.15, 0.2) is 18.5 Å². The first-order valence-electron chi connectivity index (χ1n) is 9.21. The lowest BCUT2D eigenvalue weighted by atomic mass is 10.1. The number of hydrogen-bond acceptors (Lipinski definition) is 3. The summed E-state index contributed by atoms with van der Waals surface area (Å²) in [5, 5.41) is 0. The summed E-state index contributed by atoms with van der Waals surface area (Å²) in [6.07, 6.45) is 9.47. The predicted octanol–water partition coefficient (Wildman–Crippen LogP) is 3.36. The smallest absolute Gasteiger partial charge is 0.255 e. The average Bonchev–Trinajstić information content (AvgIpc) is 2.90. The van der Waals surface area contributed by atoms with E-state index in [1.807, 2.05) is 9.80 Å². The number of amides is 2. The van der Waals surface area contributed by atoms with Crippen molar-refractivity contribution >= 4 is 11.8 Å². The molecule has 1 fully saturated rings. The van der Waals surface area contributed by atoms with E-state index in [-0.39, 0.29) is 11.8 Å². The van der Waals surface area contributed by atoms with Gasteiger partial charge in [0, 0.05) is 38.6 Å². The summed E-state index contributed by atoms with van der Waals surface area (Å²) in [7, 11) is 0. The van der Waals surface area contributed by atoms with Crippen molar-refractivity contribution in [2.45, 2.75) is 52.4 Å². The van der Waals surface area contributed by atoms with Crippen LogP contribution in [0.5, 0.6) is 0 Å². The molecule has 1 aliphatic heterocycles. The van der Waals surface area contributed by atoms with Crippen molar-refractivity contribution < 1.29 is 9.59 Å². The monoisotopic (exact) mass is 331 g/mol. The Balaban J connectivity index is 2.14. The van der Waals surface area contributed by atoms with Crippen LogP contribution >= 0.6 is 0 Å². The molecule has 2 amide bonds. The second-order valence-corrected chi connectivity index (χ2v) is 6.46. The summed E-state index contributed by atoms with van der Waals surface area (Å²) in [5.74, 6) is -0.0340. The third-order valence-corrected chi connectivity index (χ3v) is 4.40. The topological polar surface area (TPSA) is 53.5 Å². The summed E-state index contributed by atoms with van der Waals surface area (Å²) >= 11 is 0. The molecule has 1 aliphatic rings. The van der Waals surface area contributed by atoms with Gasteiger partial charge in [0.2, 0.25) is 0 Å². The lowest BCUT2D eigenvalue weighted by Gasteiger charge is -2.22. The molecular weight excluding hydrogens is 302 g/mol. The number of likely N-dealkylation sites (tertiary alicyclic amines) is 1. The van der Waals surface area contributed by atoms with E-state index in [1.165, 1.54) is 12.8 Å². The Morgan fingerprint density at radius 1 is 1.00 bits per heavy atom. The summed E-state index contributed by atoms with van der Waals surface area (Å²) in [4.78, 5) is 33.3. The third-order valence-electron chi connectivity index (χ3n) is 4.40. The van der Waals surface area contributed by atoms with Crippen molar-refractivity contribution in [3.63, 3.8) is 0 Å². The van der Waals surface area contributed by atoms with Crippen LogP contribution in [-0.2, 0) is 0 Å². The minimum absolute atomic E-state index is 0.00316. The van der Waals surface area contributed by atoms with E-state index in [0.29, 0.717) is 11.1 Å². The molecule has 24 heavy (non-hydrogen) atoms. The number of carbonyl (C=O) groups excluding carboxylic acids is 2. The molecule has 5 heteroatoms. The lowest BCUT2D eigenvalue weighted by molar-refractivity contribution is 0.0754. The molecular formula is C19H29N3O2. The van der Waals surface area contributed by atoms with E-state index in [4.69, 9.17) is 0 Å². The van der Waals surface area contributed by atoms with Crippen molar-refractivity contribution in [2.24, 2.45) is 0 Å². The molecule has 1 saturated heterocycles. The Bertz CT molecular complexity index is 516. The maximum Gasteiger partial charge on any atom is 0.255 e. The van der Waals surface area contributed by atoms with E-state index >= 15 is 0 Å². The van der Waals surface area contributed by atoms with E-state index < -0.39 is 0 Å². The third kappa shape index (κ3) is 4.79. The maximum absolute atomic E-state index is 12.7. The van der Waals surface area contributed by atoms with Crippen LogP contribution < -0.4 is 0 Å². The summed E-state index contributed by atoms with van der Waals surface area (Å²) in [5.41, 5.74) is 1.04. The first kappa shape index (κ1) is 18.4. The number of rotatable bonds is 6. The molecule has 2 rings (SSSR count). The van der Waals surface area contributed by atoms with Crippen LogP contribution in [0.4, 0.5) is 0 Å². The molecule has 2 heterocycles. The van der Waals surface area contributed by atoms with Gasteiger partial charge in [-0.2, -0.15) is 0 Å². The second kappa shape index (κ2) is 9.40. The molecule has 1 aromatic rings. The molecule has 0 radical (unpaired) electrons. The zero-order chi connectivity index (χ0) is 17.4. The van der Waals surface area contributed by atoms with Gasteiger partial charge in [-0.3, -0.25) is 14.6 Å². The second-order valence-electron chi connectivity index (χ2n) is 6.46. The van der Waals surface area contributed by atoms with Crippen molar-refractivity contribution in [1.29, 1.82) is 0 Å². The number of pyridine rings is 1. The van der Waals surface area contributed by atoms with Crippen LogP contribution in [0.1, 0.15) is 73.1 Å². The van der Waals surface area contributed by atoms with Gasteiger partial charge in [-0.25, -0.2) is 0 Å². The Kier molecular flexibility index (Phi) is 7.22. The highest BCUT2D eigenvalue weighted by atomic mass is 16.2. The normalized spacial score (nSPS) is 15.0. The van der Waals surface area contributed by atoms with Gasteiger partial charge < -0.3 is 9.80 Å². The van der Waals surface area contributed by atoms with Gasteiger partial charge in [-0.1, -0.05) is 26.7 Å². The van der Waals surface area contributed by atoms with Crippen LogP contribution in [0.2, 0.25) is 0 Å². The van der Waals surface area contributed by atoms with E-state index in [2.05, 4.69) is 18.8 Å². The molecule has 0 spiro atoms. The fraction of sp³-hybridized carbons (Fsp3) is 0.632. The van der Waals surface area contributed by atoms with E-state index in [1.54, 1.807) is 18.5 Å². The minimum atomic E-state index is -0.0308. The highest BCUT2D eigenvalue weighted by Crippen LogP contribution is 2.15. The zero-order valence-electron chi connectivity index (χ0n) is 15.0. The van der Waals surface area contributed by atoms with Crippen molar-refractivity contribution in [1.82, 2.24) is 14.8 Å². The standard InChI is InChI=1S/C19H29N3O2/c1-3-9-21(10-4-2)18(23)16-13-17(15-20-14-16)19(24)22-11-7-5-6-8-12-22/h13-15H,3-12H2,1-2H3. The molecule has 0 bridgehead atoms. The number of nitrogens with zero attached hydrogens (tertiary/aromatic N) is 3. The Morgan fingerprint density at radius 3 is 2.17 bits per heavy atom. The molecule has 132 valence electrons. The molecule has 0 unspecified atom stereocenters. The van der Waals surface area contributed by atoms with Gasteiger partial charge in [0.25, 0.3) is 11.8 Å². The fourth-order valence-corrected chi connectivity index (χ4v) is 3.17. The van der Waals surface area contributed by atoms with Gasteiger partial charge in [0.05, 0.1) is 11.1 Å². The van der Waals surface area contributed by atoms with Crippen molar-refractivity contribution in [2.75, 3.05) is 26.2 Å². The zero-order valence-corrected chi connectivity index (χ0v) is 15.0. The van der Waals surface area contributed by atoms with Crippen LogP contribution in [0.3, 0.4) is 0 Å². The quantitative estimate of drug-likeness (QED) is 0.803. The maximum atomic E-state index is 12.7. The largest absolute Gasteiger partial charge is 0.339 e. The van der Waals surface area contributed by atoms with E-state index in [0.717, 1.165) is 51.9 Å². The molecule has 0 aliphatic carbocycles. The van der Waals surface area contributed by atoms with Gasteiger partial charge in [0.15, 0.2) is 0 Å². The summed E-state index contributed by atoms with van der Waals surface area (Å²) < 4.78 is 0.